The third-order valence-electron chi connectivity index (χ3n) is 4.82. The van der Waals surface area contributed by atoms with Gasteiger partial charge in [0.1, 0.15) is 6.04 Å². The highest BCUT2D eigenvalue weighted by atomic mass is 19.4. The Morgan fingerprint density at radius 2 is 1.89 bits per heavy atom. The van der Waals surface area contributed by atoms with E-state index in [4.69, 9.17) is 0 Å². The second kappa shape index (κ2) is 9.77. The van der Waals surface area contributed by atoms with Gasteiger partial charge in [0.15, 0.2) is 5.96 Å². The van der Waals surface area contributed by atoms with Gasteiger partial charge in [0.2, 0.25) is 0 Å². The molecule has 1 aliphatic rings. The molecule has 9 heteroatoms. The number of nitrogens with one attached hydrogen (secondary N) is 2. The van der Waals surface area contributed by atoms with Gasteiger partial charge >= 0.3 is 6.18 Å². The monoisotopic (exact) mass is 399 g/mol. The Hall–Kier alpha value is -2.29. The quantitative estimate of drug-likeness (QED) is 0.588. The van der Waals surface area contributed by atoms with Crippen LogP contribution < -0.4 is 10.6 Å². The fourth-order valence-electron chi connectivity index (χ4n) is 3.13. The van der Waals surface area contributed by atoms with Crippen molar-refractivity contribution in [1.82, 2.24) is 20.4 Å². The van der Waals surface area contributed by atoms with Gasteiger partial charge in [0, 0.05) is 51.9 Å². The minimum absolute atomic E-state index is 0.122. The fourth-order valence-corrected chi connectivity index (χ4v) is 3.13. The molecule has 1 unspecified atom stereocenters. The van der Waals surface area contributed by atoms with Crippen LogP contribution in [0.2, 0.25) is 0 Å². The predicted molar refractivity (Wildman–Crippen MR) is 103 cm³/mol. The Bertz CT molecular complexity index is 684. The topological polar surface area (TPSA) is 60.0 Å². The van der Waals surface area contributed by atoms with Crippen LogP contribution in [0.1, 0.15) is 29.8 Å². The Balaban J connectivity index is 1.91. The molecule has 0 radical (unpaired) electrons. The molecule has 1 fully saturated rings. The molecule has 1 aliphatic heterocycles. The first-order chi connectivity index (χ1) is 13.3. The summed E-state index contributed by atoms with van der Waals surface area (Å²) in [5.41, 5.74) is 1.51. The summed E-state index contributed by atoms with van der Waals surface area (Å²) in [4.78, 5) is 19.6. The summed E-state index contributed by atoms with van der Waals surface area (Å²) in [6, 6.07) is 5.85. The number of amides is 1. The van der Waals surface area contributed by atoms with Crippen LogP contribution in [0.25, 0.3) is 0 Å². The molecule has 1 saturated heterocycles. The largest absolute Gasteiger partial charge is 0.403 e. The van der Waals surface area contributed by atoms with Gasteiger partial charge in [-0.05, 0) is 31.5 Å². The number of piperazine rings is 1. The van der Waals surface area contributed by atoms with E-state index >= 15 is 0 Å². The smallest absolute Gasteiger partial charge is 0.352 e. The lowest BCUT2D eigenvalue weighted by atomic mass is 10.1. The standard InChI is InChI=1S/C19H28F3N5O/c1-4-24-17(28)16-7-5-6-15(12-16)13-25-18(23-3)27-10-8-26(9-11-27)14(2)19(20,21)22/h5-7,12,14H,4,8-11,13H2,1-3H3,(H,23,25)(H,24,28). The summed E-state index contributed by atoms with van der Waals surface area (Å²) >= 11 is 0. The maximum Gasteiger partial charge on any atom is 0.403 e. The summed E-state index contributed by atoms with van der Waals surface area (Å²) in [6.45, 7) is 5.69. The number of nitrogens with zero attached hydrogens (tertiary/aromatic N) is 3. The molecule has 6 nitrogen and oxygen atoms in total. The number of benzene rings is 1. The molecule has 2 rings (SSSR count). The Morgan fingerprint density at radius 3 is 2.46 bits per heavy atom. The van der Waals surface area contributed by atoms with E-state index in [0.717, 1.165) is 5.56 Å². The molecule has 1 atom stereocenters. The molecular formula is C19H28F3N5O. The van der Waals surface area contributed by atoms with Crippen molar-refractivity contribution in [3.05, 3.63) is 35.4 Å². The van der Waals surface area contributed by atoms with E-state index in [-0.39, 0.29) is 5.91 Å². The Labute approximate surface area is 163 Å². The first-order valence-corrected chi connectivity index (χ1v) is 9.39. The number of aliphatic imine (C=N–C) groups is 1. The molecule has 0 aromatic heterocycles. The number of rotatable bonds is 5. The molecule has 28 heavy (non-hydrogen) atoms. The van der Waals surface area contributed by atoms with Crippen molar-refractivity contribution in [2.24, 2.45) is 4.99 Å². The molecule has 1 aromatic rings. The second-order valence-electron chi connectivity index (χ2n) is 6.70. The van der Waals surface area contributed by atoms with Crippen molar-refractivity contribution >= 4 is 11.9 Å². The van der Waals surface area contributed by atoms with E-state index in [1.807, 2.05) is 30.0 Å². The highest BCUT2D eigenvalue weighted by Gasteiger charge is 2.41. The zero-order valence-corrected chi connectivity index (χ0v) is 16.5. The molecule has 0 saturated carbocycles. The summed E-state index contributed by atoms with van der Waals surface area (Å²) in [5.74, 6) is 0.520. The number of hydrogen-bond acceptors (Lipinski definition) is 3. The minimum atomic E-state index is -4.21. The second-order valence-corrected chi connectivity index (χ2v) is 6.70. The van der Waals surface area contributed by atoms with Crippen LogP contribution in [0.3, 0.4) is 0 Å². The van der Waals surface area contributed by atoms with Crippen LogP contribution in [-0.2, 0) is 6.54 Å². The number of hydrogen-bond donors (Lipinski definition) is 2. The lowest BCUT2D eigenvalue weighted by molar-refractivity contribution is -0.181. The van der Waals surface area contributed by atoms with E-state index in [0.29, 0.717) is 50.8 Å². The molecule has 0 bridgehead atoms. The zero-order valence-electron chi connectivity index (χ0n) is 16.5. The van der Waals surface area contributed by atoms with E-state index in [1.165, 1.54) is 11.8 Å². The molecule has 1 aromatic carbocycles. The Morgan fingerprint density at radius 1 is 1.21 bits per heavy atom. The molecule has 1 amide bonds. The van der Waals surface area contributed by atoms with E-state index in [2.05, 4.69) is 15.6 Å². The molecule has 1 heterocycles. The average molecular weight is 399 g/mol. The third kappa shape index (κ3) is 5.85. The third-order valence-corrected chi connectivity index (χ3v) is 4.82. The van der Waals surface area contributed by atoms with E-state index in [1.54, 1.807) is 13.1 Å². The van der Waals surface area contributed by atoms with Gasteiger partial charge in [0.25, 0.3) is 5.91 Å². The number of carbonyl (C=O) groups is 1. The van der Waals surface area contributed by atoms with Gasteiger partial charge in [-0.1, -0.05) is 12.1 Å². The number of carbonyl (C=O) groups excluding carboxylic acids is 1. The van der Waals surface area contributed by atoms with Crippen molar-refractivity contribution in [3.63, 3.8) is 0 Å². The average Bonchev–Trinajstić information content (AvgIpc) is 2.68. The molecule has 0 spiro atoms. The van der Waals surface area contributed by atoms with Gasteiger partial charge in [-0.25, -0.2) is 0 Å². The van der Waals surface area contributed by atoms with Crippen LogP contribution in [0.4, 0.5) is 13.2 Å². The van der Waals surface area contributed by atoms with Crippen LogP contribution in [0, 0.1) is 0 Å². The van der Waals surface area contributed by atoms with Gasteiger partial charge in [-0.15, -0.1) is 0 Å². The van der Waals surface area contributed by atoms with Gasteiger partial charge in [-0.3, -0.25) is 14.7 Å². The number of halogens is 3. The summed E-state index contributed by atoms with van der Waals surface area (Å²) in [5, 5.41) is 6.00. The highest BCUT2D eigenvalue weighted by Crippen LogP contribution is 2.25. The maximum atomic E-state index is 12.9. The van der Waals surface area contributed by atoms with Crippen LogP contribution >= 0.6 is 0 Å². The van der Waals surface area contributed by atoms with Gasteiger partial charge < -0.3 is 15.5 Å². The molecule has 156 valence electrons. The van der Waals surface area contributed by atoms with E-state index in [9.17, 15) is 18.0 Å². The van der Waals surface area contributed by atoms with E-state index < -0.39 is 12.2 Å². The zero-order chi connectivity index (χ0) is 20.7. The van der Waals surface area contributed by atoms with Gasteiger partial charge in [-0.2, -0.15) is 13.2 Å². The summed E-state index contributed by atoms with van der Waals surface area (Å²) in [7, 11) is 1.65. The fraction of sp³-hybridized carbons (Fsp3) is 0.579. The normalized spacial score (nSPS) is 17.4. The number of guanidine groups is 1. The van der Waals surface area contributed by atoms with Gasteiger partial charge in [0.05, 0.1) is 0 Å². The van der Waals surface area contributed by atoms with Crippen molar-refractivity contribution in [1.29, 1.82) is 0 Å². The predicted octanol–water partition coefficient (Wildman–Crippen LogP) is 2.08. The highest BCUT2D eigenvalue weighted by molar-refractivity contribution is 5.94. The molecule has 0 aliphatic carbocycles. The molecule has 2 N–H and O–H groups in total. The maximum absolute atomic E-state index is 12.9. The first-order valence-electron chi connectivity index (χ1n) is 9.39. The lowest BCUT2D eigenvalue weighted by Gasteiger charge is -2.39. The first kappa shape index (κ1) is 22.0. The molecular weight excluding hydrogens is 371 g/mol. The van der Waals surface area contributed by atoms with Crippen molar-refractivity contribution in [2.75, 3.05) is 39.8 Å². The van der Waals surface area contributed by atoms with Crippen LogP contribution in [0.5, 0.6) is 0 Å². The summed E-state index contributed by atoms with van der Waals surface area (Å²) < 4.78 is 38.6. The van der Waals surface area contributed by atoms with Crippen molar-refractivity contribution in [2.45, 2.75) is 32.6 Å². The summed E-state index contributed by atoms with van der Waals surface area (Å²) in [6.07, 6.45) is -4.21. The van der Waals surface area contributed by atoms with Crippen molar-refractivity contribution in [3.8, 4) is 0 Å². The Kier molecular flexibility index (Phi) is 7.68. The lowest BCUT2D eigenvalue weighted by Crippen LogP contribution is -2.56. The number of alkyl halides is 3. The minimum Gasteiger partial charge on any atom is -0.352 e. The van der Waals surface area contributed by atoms with Crippen molar-refractivity contribution < 1.29 is 18.0 Å². The van der Waals surface area contributed by atoms with Crippen LogP contribution in [-0.4, -0.2) is 73.7 Å². The van der Waals surface area contributed by atoms with Crippen LogP contribution in [0.15, 0.2) is 29.3 Å². The SMILES string of the molecule is CCNC(=O)c1cccc(CNC(=NC)N2CCN(C(C)C(F)(F)F)CC2)c1.